The lowest BCUT2D eigenvalue weighted by Crippen LogP contribution is -2.14. The van der Waals surface area contributed by atoms with E-state index >= 15 is 17.6 Å². The molecule has 0 aromatic heterocycles. The van der Waals surface area contributed by atoms with E-state index in [0.29, 0.717) is 33.9 Å². The molecule has 0 unspecified atom stereocenters. The Morgan fingerprint density at radius 3 is 0.957 bits per heavy atom. The molecule has 0 fully saturated rings. The molecule has 334 valence electrons. The van der Waals surface area contributed by atoms with Crippen LogP contribution in [0, 0.1) is 23.3 Å². The van der Waals surface area contributed by atoms with E-state index in [9.17, 15) is 0 Å². The molecule has 70 heavy (non-hydrogen) atoms. The van der Waals surface area contributed by atoms with E-state index in [2.05, 4.69) is 0 Å². The Bertz CT molecular complexity index is 3620. The van der Waals surface area contributed by atoms with Gasteiger partial charge in [-0.3, -0.25) is 0 Å². The van der Waals surface area contributed by atoms with Gasteiger partial charge in [0.1, 0.15) is 23.3 Å². The molecule has 0 spiro atoms. The summed E-state index contributed by atoms with van der Waals surface area (Å²) in [6, 6.07) is 74.2. The Balaban J connectivity index is 1.03. The van der Waals surface area contributed by atoms with Crippen molar-refractivity contribution < 1.29 is 17.6 Å². The first-order chi connectivity index (χ1) is 34.4. The summed E-state index contributed by atoms with van der Waals surface area (Å²) in [5.41, 5.74) is 7.48. The van der Waals surface area contributed by atoms with Gasteiger partial charge in [0.25, 0.3) is 0 Å². The van der Waals surface area contributed by atoms with Gasteiger partial charge in [-0.25, -0.2) is 17.6 Å². The Labute approximate surface area is 402 Å². The van der Waals surface area contributed by atoms with Gasteiger partial charge in [-0.05, 0) is 103 Å². The molecule has 0 heterocycles. The van der Waals surface area contributed by atoms with Crippen molar-refractivity contribution in [3.8, 4) is 44.5 Å². The van der Waals surface area contributed by atoms with Crippen molar-refractivity contribution in [1.82, 2.24) is 0 Å². The van der Waals surface area contributed by atoms with Gasteiger partial charge in [0.2, 0.25) is 0 Å². The highest BCUT2D eigenvalue weighted by atomic mass is 19.1. The molecule has 12 aromatic rings. The van der Waals surface area contributed by atoms with Crippen LogP contribution in [0.3, 0.4) is 0 Å². The van der Waals surface area contributed by atoms with E-state index in [4.69, 9.17) is 0 Å². The SMILES string of the molecule is Fc1cc(N(c2ccccc2)c2ccc3ccc4c(N(c5ccccc5)c5cc(F)c(-c6ccccc6-c6ccccc6)cc5F)ccc5ccc2c3c54)c(F)cc1-c1ccccc1-c1ccccc1. The van der Waals surface area contributed by atoms with E-state index in [1.807, 2.05) is 218 Å². The van der Waals surface area contributed by atoms with Crippen molar-refractivity contribution in [3.05, 3.63) is 266 Å². The number of para-hydroxylation sites is 2. The molecular formula is C64H40F4N2. The molecule has 0 N–H and O–H groups in total. The predicted octanol–water partition coefficient (Wildman–Crippen LogP) is 18.7. The van der Waals surface area contributed by atoms with Gasteiger partial charge >= 0.3 is 0 Å². The molecule has 0 radical (unpaired) electrons. The maximum Gasteiger partial charge on any atom is 0.148 e. The van der Waals surface area contributed by atoms with Gasteiger partial charge in [-0.15, -0.1) is 0 Å². The quantitative estimate of drug-likeness (QED) is 0.0996. The first-order valence-corrected chi connectivity index (χ1v) is 23.1. The number of benzene rings is 12. The van der Waals surface area contributed by atoms with E-state index in [-0.39, 0.29) is 22.5 Å². The van der Waals surface area contributed by atoms with Crippen molar-refractivity contribution in [2.24, 2.45) is 0 Å². The lowest BCUT2D eigenvalue weighted by atomic mass is 9.91. The van der Waals surface area contributed by atoms with Crippen LogP contribution in [0.5, 0.6) is 0 Å². The highest BCUT2D eigenvalue weighted by Crippen LogP contribution is 2.49. The summed E-state index contributed by atoms with van der Waals surface area (Å²) in [5.74, 6) is -2.33. The normalized spacial score (nSPS) is 11.4. The summed E-state index contributed by atoms with van der Waals surface area (Å²) in [7, 11) is 0. The Hall–Kier alpha value is -9.00. The van der Waals surface area contributed by atoms with Crippen molar-refractivity contribution in [2.45, 2.75) is 0 Å². The third kappa shape index (κ3) is 7.29. The van der Waals surface area contributed by atoms with Crippen LogP contribution < -0.4 is 9.80 Å². The molecule has 6 heteroatoms. The molecule has 2 nitrogen and oxygen atoms in total. The van der Waals surface area contributed by atoms with Gasteiger partial charge < -0.3 is 9.80 Å². The summed E-state index contributed by atoms with van der Waals surface area (Å²) in [6.45, 7) is 0. The first-order valence-electron chi connectivity index (χ1n) is 23.1. The molecular weight excluding hydrogens is 873 g/mol. The topological polar surface area (TPSA) is 6.48 Å². The summed E-state index contributed by atoms with van der Waals surface area (Å²) in [6.07, 6.45) is 0. The number of nitrogens with zero attached hydrogens (tertiary/aromatic N) is 2. The number of halogens is 4. The van der Waals surface area contributed by atoms with Crippen LogP contribution in [0.4, 0.5) is 51.7 Å². The van der Waals surface area contributed by atoms with Crippen LogP contribution in [0.25, 0.3) is 76.8 Å². The Morgan fingerprint density at radius 2 is 0.571 bits per heavy atom. The Kier molecular flexibility index (Phi) is 10.6. The predicted molar refractivity (Wildman–Crippen MR) is 281 cm³/mol. The lowest BCUT2D eigenvalue weighted by Gasteiger charge is -2.30. The second-order valence-electron chi connectivity index (χ2n) is 17.3. The number of hydrogen-bond acceptors (Lipinski definition) is 2. The van der Waals surface area contributed by atoms with Gasteiger partial charge in [0, 0.05) is 45.4 Å². The minimum absolute atomic E-state index is 0.0444. The number of anilines is 6. The van der Waals surface area contributed by atoms with Gasteiger partial charge in [0.05, 0.1) is 22.7 Å². The van der Waals surface area contributed by atoms with Crippen molar-refractivity contribution in [3.63, 3.8) is 0 Å². The molecule has 0 aliphatic rings. The lowest BCUT2D eigenvalue weighted by molar-refractivity contribution is 0.604. The number of rotatable bonds is 10. The number of hydrogen-bond donors (Lipinski definition) is 0. The van der Waals surface area contributed by atoms with Crippen LogP contribution in [-0.4, -0.2) is 0 Å². The van der Waals surface area contributed by atoms with Gasteiger partial charge in [-0.1, -0.05) is 182 Å². The third-order valence-corrected chi connectivity index (χ3v) is 13.3. The fraction of sp³-hybridized carbons (Fsp3) is 0. The van der Waals surface area contributed by atoms with E-state index in [1.165, 1.54) is 24.3 Å². The zero-order chi connectivity index (χ0) is 47.3. The highest BCUT2D eigenvalue weighted by molar-refractivity contribution is 6.28. The van der Waals surface area contributed by atoms with Crippen LogP contribution in [0.15, 0.2) is 243 Å². The van der Waals surface area contributed by atoms with Crippen molar-refractivity contribution in [2.75, 3.05) is 9.80 Å². The minimum Gasteiger partial charge on any atom is -0.307 e. The second-order valence-corrected chi connectivity index (χ2v) is 17.3. The van der Waals surface area contributed by atoms with Crippen LogP contribution in [0.2, 0.25) is 0 Å². The molecule has 12 rings (SSSR count). The summed E-state index contributed by atoms with van der Waals surface area (Å²) in [4.78, 5) is 3.54. The molecule has 0 aliphatic carbocycles. The first kappa shape index (κ1) is 42.4. The average Bonchev–Trinajstić information content (AvgIpc) is 3.41. The molecule has 0 atom stereocenters. The smallest absolute Gasteiger partial charge is 0.148 e. The summed E-state index contributed by atoms with van der Waals surface area (Å²) >= 11 is 0. The average molecular weight is 913 g/mol. The third-order valence-electron chi connectivity index (χ3n) is 13.3. The summed E-state index contributed by atoms with van der Waals surface area (Å²) in [5, 5.41) is 5.20. The maximum atomic E-state index is 17.1. The molecule has 0 saturated heterocycles. The van der Waals surface area contributed by atoms with Crippen LogP contribution in [0.1, 0.15) is 0 Å². The highest BCUT2D eigenvalue weighted by Gasteiger charge is 2.27. The van der Waals surface area contributed by atoms with Gasteiger partial charge in [-0.2, -0.15) is 0 Å². The molecule has 12 aromatic carbocycles. The largest absolute Gasteiger partial charge is 0.307 e. The Morgan fingerprint density at radius 1 is 0.243 bits per heavy atom. The zero-order valence-corrected chi connectivity index (χ0v) is 37.5. The standard InChI is InChI=1S/C64H40F4N2/c65-55-39-61(57(67)37-53(55)49-27-15-13-25-47(49)41-17-5-1-6-18-41)69(45-21-9-3-10-22-45)59-35-31-43-30-34-52-60(36-32-44-29-33-51(59)63(43)64(44)52)70(46-23-11-4-12-24-46)62-40-56(66)54(38-58(62)68)50-28-16-14-26-48(50)42-19-7-2-8-20-42/h1-40H. The van der Waals surface area contributed by atoms with Crippen LogP contribution >= 0.6 is 0 Å². The molecule has 0 amide bonds. The molecule has 0 saturated carbocycles. The maximum absolute atomic E-state index is 17.1. The zero-order valence-electron chi connectivity index (χ0n) is 37.5. The van der Waals surface area contributed by atoms with E-state index < -0.39 is 23.3 Å². The van der Waals surface area contributed by atoms with E-state index in [1.54, 1.807) is 9.80 Å². The van der Waals surface area contributed by atoms with Crippen LogP contribution in [-0.2, 0) is 0 Å². The van der Waals surface area contributed by atoms with Crippen molar-refractivity contribution in [1.29, 1.82) is 0 Å². The molecule has 0 bridgehead atoms. The minimum atomic E-state index is -0.599. The summed E-state index contributed by atoms with van der Waals surface area (Å²) < 4.78 is 68.0. The van der Waals surface area contributed by atoms with Crippen molar-refractivity contribution >= 4 is 66.4 Å². The monoisotopic (exact) mass is 912 g/mol. The second kappa shape index (κ2) is 17.6. The van der Waals surface area contributed by atoms with E-state index in [0.717, 1.165) is 54.6 Å². The molecule has 0 aliphatic heterocycles. The fourth-order valence-electron chi connectivity index (χ4n) is 10.1. The fourth-order valence-corrected chi connectivity index (χ4v) is 10.1. The van der Waals surface area contributed by atoms with Gasteiger partial charge in [0.15, 0.2) is 0 Å².